The quantitative estimate of drug-likeness (QED) is 0.650. The molecule has 1 aromatic heterocycles. The summed E-state index contributed by atoms with van der Waals surface area (Å²) in [6, 6.07) is 0. The molecule has 0 aliphatic rings. The van der Waals surface area contributed by atoms with Gasteiger partial charge in [0.1, 0.15) is 9.98 Å². The lowest BCUT2D eigenvalue weighted by atomic mass is 10.6. The van der Waals surface area contributed by atoms with Crippen LogP contribution >= 0.6 is 36.0 Å². The molecule has 0 unspecified atom stereocenters. The molecule has 0 saturated heterocycles. The molecular weight excluding hydrogens is 200 g/mol. The molecule has 0 fully saturated rings. The fraction of sp³-hybridized carbons (Fsp3) is 0. The highest BCUT2D eigenvalue weighted by molar-refractivity contribution is 7.81. The second kappa shape index (κ2) is 3.16. The van der Waals surface area contributed by atoms with Gasteiger partial charge in [0.05, 0.1) is 0 Å². The van der Waals surface area contributed by atoms with Gasteiger partial charge in [-0.3, -0.25) is 0 Å². The van der Waals surface area contributed by atoms with Crippen LogP contribution in [-0.2, 0) is 0 Å². The average molecular weight is 204 g/mol. The molecule has 0 amide bonds. The summed E-state index contributed by atoms with van der Waals surface area (Å²) >= 11 is 10.4. The zero-order valence-electron chi connectivity index (χ0n) is 5.27. The van der Waals surface area contributed by atoms with Crippen LogP contribution in [0.1, 0.15) is 10.8 Å². The molecule has 0 saturated carbocycles. The lowest BCUT2D eigenvalue weighted by Gasteiger charge is -1.85. The van der Waals surface area contributed by atoms with Crippen molar-refractivity contribution >= 4 is 45.9 Å². The first kappa shape index (κ1) is 8.44. The van der Waals surface area contributed by atoms with Gasteiger partial charge in [-0.05, 0) is 11.5 Å². The number of nitrogens with zero attached hydrogens (tertiary/aromatic N) is 2. The predicted molar refractivity (Wildman–Crippen MR) is 51.7 cm³/mol. The van der Waals surface area contributed by atoms with Crippen LogP contribution in [0.2, 0.25) is 0 Å². The molecule has 1 heterocycles. The number of thiocarbonyl (C=S) groups is 2. The second-order valence-corrected chi connectivity index (χ2v) is 3.28. The van der Waals surface area contributed by atoms with E-state index in [1.807, 2.05) is 0 Å². The summed E-state index contributed by atoms with van der Waals surface area (Å²) in [6.07, 6.45) is 0. The number of hydrogen-bond acceptors (Lipinski definition) is 5. The first-order valence-electron chi connectivity index (χ1n) is 2.54. The third kappa shape index (κ3) is 1.88. The Hall–Kier alpha value is -0.660. The molecule has 0 spiro atoms. The number of hydrogen-bond donors (Lipinski definition) is 2. The van der Waals surface area contributed by atoms with Crippen molar-refractivity contribution in [3.05, 3.63) is 10.8 Å². The van der Waals surface area contributed by atoms with E-state index in [0.717, 1.165) is 11.5 Å². The topological polar surface area (TPSA) is 77.8 Å². The first-order chi connectivity index (χ1) is 5.11. The van der Waals surface area contributed by atoms with Gasteiger partial charge in [-0.2, -0.15) is 4.37 Å². The van der Waals surface area contributed by atoms with Gasteiger partial charge in [-0.1, -0.05) is 24.4 Å². The predicted octanol–water partition coefficient (Wildman–Crippen LogP) is -0.193. The van der Waals surface area contributed by atoms with Crippen molar-refractivity contribution in [3.8, 4) is 0 Å². The van der Waals surface area contributed by atoms with Crippen molar-refractivity contribution < 1.29 is 0 Å². The molecule has 1 rings (SSSR count). The summed E-state index contributed by atoms with van der Waals surface area (Å²) in [5, 5.41) is 0.489. The largest absolute Gasteiger partial charge is 0.387 e. The van der Waals surface area contributed by atoms with Crippen LogP contribution in [0.5, 0.6) is 0 Å². The summed E-state index contributed by atoms with van der Waals surface area (Å²) in [5.74, 6) is 0.327. The minimum Gasteiger partial charge on any atom is -0.387 e. The highest BCUT2D eigenvalue weighted by Crippen LogP contribution is 2.03. The summed E-state index contributed by atoms with van der Waals surface area (Å²) < 4.78 is 3.83. The van der Waals surface area contributed by atoms with Gasteiger partial charge in [0.15, 0.2) is 5.01 Å². The van der Waals surface area contributed by atoms with E-state index >= 15 is 0 Å². The molecule has 4 N–H and O–H groups in total. The minimum absolute atomic E-state index is 0.156. The highest BCUT2D eigenvalue weighted by Gasteiger charge is 2.06. The van der Waals surface area contributed by atoms with Crippen molar-refractivity contribution in [2.45, 2.75) is 0 Å². The number of rotatable bonds is 2. The Bertz CT molecular complexity index is 276. The van der Waals surface area contributed by atoms with Gasteiger partial charge >= 0.3 is 0 Å². The molecule has 11 heavy (non-hydrogen) atoms. The number of nitrogens with two attached hydrogens (primary N) is 2. The summed E-state index contributed by atoms with van der Waals surface area (Å²) in [6.45, 7) is 0. The van der Waals surface area contributed by atoms with Crippen molar-refractivity contribution in [3.63, 3.8) is 0 Å². The van der Waals surface area contributed by atoms with Crippen LogP contribution in [0.15, 0.2) is 0 Å². The minimum atomic E-state index is 0.156. The maximum absolute atomic E-state index is 5.28. The molecule has 7 heteroatoms. The van der Waals surface area contributed by atoms with Crippen molar-refractivity contribution in [2.75, 3.05) is 0 Å². The van der Waals surface area contributed by atoms with Gasteiger partial charge in [0.25, 0.3) is 0 Å². The summed E-state index contributed by atoms with van der Waals surface area (Å²) in [4.78, 5) is 4.25. The Balaban J connectivity index is 2.99. The van der Waals surface area contributed by atoms with E-state index in [1.54, 1.807) is 0 Å². The molecule has 0 bridgehead atoms. The third-order valence-electron chi connectivity index (χ3n) is 0.857. The van der Waals surface area contributed by atoms with Gasteiger partial charge in [-0.15, -0.1) is 0 Å². The van der Waals surface area contributed by atoms with Crippen LogP contribution in [-0.4, -0.2) is 19.3 Å². The maximum Gasteiger partial charge on any atom is 0.200 e. The Labute approximate surface area is 77.8 Å². The number of aromatic nitrogens is 2. The average Bonchev–Trinajstić information content (AvgIpc) is 2.33. The van der Waals surface area contributed by atoms with E-state index in [9.17, 15) is 0 Å². The molecule has 0 atom stereocenters. The van der Waals surface area contributed by atoms with Crippen LogP contribution in [0.3, 0.4) is 0 Å². The lowest BCUT2D eigenvalue weighted by Crippen LogP contribution is -2.13. The maximum atomic E-state index is 5.28. The molecule has 0 aliphatic carbocycles. The standard InChI is InChI=1S/C4H4N4S3/c5-1(9)3-7-4(2(6)10)11-8-3/h(H2,5,9)(H2,6,10). The van der Waals surface area contributed by atoms with Gasteiger partial charge in [-0.25, -0.2) is 4.98 Å². The molecule has 58 valence electrons. The van der Waals surface area contributed by atoms with E-state index in [2.05, 4.69) is 33.8 Å². The Morgan fingerprint density at radius 2 is 1.91 bits per heavy atom. The highest BCUT2D eigenvalue weighted by atomic mass is 32.1. The van der Waals surface area contributed by atoms with Crippen LogP contribution in [0, 0.1) is 0 Å². The zero-order chi connectivity index (χ0) is 8.43. The fourth-order valence-electron chi connectivity index (χ4n) is 0.424. The molecule has 1 aromatic rings. The Kier molecular flexibility index (Phi) is 2.42. The SMILES string of the molecule is NC(=S)c1nsc(C(N)=S)n1. The zero-order valence-corrected chi connectivity index (χ0v) is 7.72. The van der Waals surface area contributed by atoms with Gasteiger partial charge < -0.3 is 11.5 Å². The van der Waals surface area contributed by atoms with Crippen molar-refractivity contribution in [2.24, 2.45) is 11.5 Å². The van der Waals surface area contributed by atoms with Crippen molar-refractivity contribution in [1.29, 1.82) is 0 Å². The smallest absolute Gasteiger partial charge is 0.200 e. The summed E-state index contributed by atoms with van der Waals surface area (Å²) in [5.41, 5.74) is 10.5. The van der Waals surface area contributed by atoms with Crippen molar-refractivity contribution in [1.82, 2.24) is 9.36 Å². The van der Waals surface area contributed by atoms with E-state index in [1.165, 1.54) is 0 Å². The van der Waals surface area contributed by atoms with E-state index in [-0.39, 0.29) is 9.98 Å². The monoisotopic (exact) mass is 204 g/mol. The molecule has 0 aromatic carbocycles. The molecule has 4 nitrogen and oxygen atoms in total. The summed E-state index contributed by atoms with van der Waals surface area (Å²) in [7, 11) is 0. The first-order valence-corrected chi connectivity index (χ1v) is 4.13. The lowest BCUT2D eigenvalue weighted by molar-refractivity contribution is 1.27. The van der Waals surface area contributed by atoms with Gasteiger partial charge in [0.2, 0.25) is 5.82 Å². The van der Waals surface area contributed by atoms with E-state index in [4.69, 9.17) is 11.5 Å². The normalized spacial score (nSPS) is 9.45. The van der Waals surface area contributed by atoms with Crippen LogP contribution < -0.4 is 11.5 Å². The van der Waals surface area contributed by atoms with Crippen LogP contribution in [0.4, 0.5) is 0 Å². The van der Waals surface area contributed by atoms with Gasteiger partial charge in [0, 0.05) is 0 Å². The van der Waals surface area contributed by atoms with E-state index < -0.39 is 0 Å². The second-order valence-electron chi connectivity index (χ2n) is 1.65. The Morgan fingerprint density at radius 3 is 2.18 bits per heavy atom. The van der Waals surface area contributed by atoms with Crippen LogP contribution in [0.25, 0.3) is 0 Å². The Morgan fingerprint density at radius 1 is 1.27 bits per heavy atom. The molecule has 0 radical (unpaired) electrons. The molecule has 0 aliphatic heterocycles. The third-order valence-corrected chi connectivity index (χ3v) is 2.11. The fourth-order valence-corrected chi connectivity index (χ4v) is 1.26. The van der Waals surface area contributed by atoms with E-state index in [0.29, 0.717) is 10.8 Å². The molecular formula is C4H4N4S3.